The van der Waals surface area contributed by atoms with Gasteiger partial charge in [0.2, 0.25) is 0 Å². The molecule has 0 radical (unpaired) electrons. The van der Waals surface area contributed by atoms with E-state index in [0.717, 1.165) is 18.8 Å². The second-order valence-electron chi connectivity index (χ2n) is 19.1. The van der Waals surface area contributed by atoms with Gasteiger partial charge in [0.25, 0.3) is 0 Å². The summed E-state index contributed by atoms with van der Waals surface area (Å²) >= 11 is 0. The quantitative estimate of drug-likeness (QED) is 0.0453. The van der Waals surface area contributed by atoms with Gasteiger partial charge in [-0.1, -0.05) is 310 Å². The van der Waals surface area contributed by atoms with E-state index in [2.05, 4.69) is 20.8 Å². The largest absolute Gasteiger partial charge is 0.466 e. The minimum atomic E-state index is 0.0330. The number of carbonyl (C=O) groups excluding carboxylic acids is 1. The maximum atomic E-state index is 12.1. The van der Waals surface area contributed by atoms with E-state index in [4.69, 9.17) is 4.74 Å². The van der Waals surface area contributed by atoms with Crippen LogP contribution in [0.4, 0.5) is 0 Å². The highest BCUT2D eigenvalue weighted by atomic mass is 16.5. The molecule has 0 aromatic rings. The van der Waals surface area contributed by atoms with Crippen molar-refractivity contribution in [3.05, 3.63) is 0 Å². The highest BCUT2D eigenvalue weighted by molar-refractivity contribution is 5.69. The molecule has 0 N–H and O–H groups in total. The molecule has 0 aliphatic heterocycles. The molecule has 0 saturated heterocycles. The molecule has 0 fully saturated rings. The summed E-state index contributed by atoms with van der Waals surface area (Å²) in [5, 5.41) is 0. The molecule has 0 aromatic heterocycles. The summed E-state index contributed by atoms with van der Waals surface area (Å²) in [6.07, 6.45) is 66.9. The molecule has 0 spiro atoms. The van der Waals surface area contributed by atoms with Crippen LogP contribution in [0.25, 0.3) is 0 Å². The van der Waals surface area contributed by atoms with Crippen molar-refractivity contribution in [3.8, 4) is 0 Å². The lowest BCUT2D eigenvalue weighted by Gasteiger charge is -2.06. The van der Waals surface area contributed by atoms with Crippen LogP contribution in [0.5, 0.6) is 0 Å². The Bertz CT molecular complexity index is 701. The predicted molar refractivity (Wildman–Crippen MR) is 253 cm³/mol. The van der Waals surface area contributed by atoms with Crippen LogP contribution in [0.2, 0.25) is 0 Å². The smallest absolute Gasteiger partial charge is 0.305 e. The molecule has 0 aliphatic rings. The molecule has 2 heteroatoms. The predicted octanol–water partition coefficient (Wildman–Crippen LogP) is 19.9. The zero-order chi connectivity index (χ0) is 40.5. The Labute approximate surface area is 355 Å². The molecule has 0 bridgehead atoms. The fourth-order valence-electron chi connectivity index (χ4n) is 8.68. The van der Waals surface area contributed by atoms with Gasteiger partial charge in [0.1, 0.15) is 0 Å². The van der Waals surface area contributed by atoms with Crippen molar-refractivity contribution in [1.29, 1.82) is 0 Å². The van der Waals surface area contributed by atoms with E-state index in [0.29, 0.717) is 13.0 Å². The zero-order valence-corrected chi connectivity index (χ0v) is 39.5. The number of hydrogen-bond acceptors (Lipinski definition) is 2. The van der Waals surface area contributed by atoms with Crippen LogP contribution < -0.4 is 0 Å². The Morgan fingerprint density at radius 1 is 0.304 bits per heavy atom. The van der Waals surface area contributed by atoms with Gasteiger partial charge in [0.05, 0.1) is 6.61 Å². The Morgan fingerprint density at radius 3 is 0.768 bits per heavy atom. The number of unbranched alkanes of at least 4 members (excludes halogenated alkanes) is 44. The number of esters is 1. The summed E-state index contributed by atoms with van der Waals surface area (Å²) in [6, 6.07) is 0. The Kier molecular flexibility index (Phi) is 50.1. The maximum Gasteiger partial charge on any atom is 0.305 e. The minimum Gasteiger partial charge on any atom is -0.466 e. The summed E-state index contributed by atoms with van der Waals surface area (Å²) in [4.78, 5) is 12.1. The van der Waals surface area contributed by atoms with Gasteiger partial charge in [-0.15, -0.1) is 0 Å². The van der Waals surface area contributed by atoms with Crippen molar-refractivity contribution in [2.75, 3.05) is 6.61 Å². The highest BCUT2D eigenvalue weighted by Crippen LogP contribution is 2.18. The van der Waals surface area contributed by atoms with Gasteiger partial charge in [0, 0.05) is 6.42 Å². The lowest BCUT2D eigenvalue weighted by molar-refractivity contribution is -0.143. The Hall–Kier alpha value is -0.530. The maximum absolute atomic E-state index is 12.1. The number of carbonyl (C=O) groups is 1. The molecule has 0 unspecified atom stereocenters. The van der Waals surface area contributed by atoms with Crippen molar-refractivity contribution < 1.29 is 9.53 Å². The van der Waals surface area contributed by atoms with Gasteiger partial charge in [-0.3, -0.25) is 4.79 Å². The van der Waals surface area contributed by atoms with Gasteiger partial charge < -0.3 is 4.74 Å². The van der Waals surface area contributed by atoms with Gasteiger partial charge in [-0.05, 0) is 18.8 Å². The molecule has 0 atom stereocenters. The molecule has 0 rings (SSSR count). The van der Waals surface area contributed by atoms with Crippen LogP contribution >= 0.6 is 0 Å². The second kappa shape index (κ2) is 50.6. The number of hydrogen-bond donors (Lipinski definition) is 0. The fraction of sp³-hybridized carbons (Fsp3) is 0.981. The zero-order valence-electron chi connectivity index (χ0n) is 39.5. The van der Waals surface area contributed by atoms with E-state index < -0.39 is 0 Å². The van der Waals surface area contributed by atoms with Crippen LogP contribution in [0.1, 0.15) is 329 Å². The normalized spacial score (nSPS) is 11.6. The van der Waals surface area contributed by atoms with Crippen molar-refractivity contribution in [1.82, 2.24) is 0 Å². The molecule has 336 valence electrons. The first-order valence-corrected chi connectivity index (χ1v) is 26.8. The van der Waals surface area contributed by atoms with Crippen molar-refractivity contribution in [2.24, 2.45) is 5.92 Å². The monoisotopic (exact) mass is 789 g/mol. The topological polar surface area (TPSA) is 26.3 Å². The first-order valence-electron chi connectivity index (χ1n) is 26.8. The fourth-order valence-corrected chi connectivity index (χ4v) is 8.68. The minimum absolute atomic E-state index is 0.0330. The van der Waals surface area contributed by atoms with Gasteiger partial charge in [-0.25, -0.2) is 0 Å². The number of rotatable bonds is 50. The molecule has 0 aliphatic carbocycles. The summed E-state index contributed by atoms with van der Waals surface area (Å²) in [5.41, 5.74) is 0. The third-order valence-corrected chi connectivity index (χ3v) is 12.7. The summed E-state index contributed by atoms with van der Waals surface area (Å²) in [7, 11) is 0. The second-order valence-corrected chi connectivity index (χ2v) is 19.1. The SMILES string of the molecule is CCCCCCCCCCCCCCCCCCCCCCCCCCCCCCCCCCCC(=O)OCCCCCCCCCCCCCCCC(C)C. The molecule has 56 heavy (non-hydrogen) atoms. The summed E-state index contributed by atoms with van der Waals surface area (Å²) < 4.78 is 5.49. The van der Waals surface area contributed by atoms with Crippen LogP contribution in [-0.4, -0.2) is 12.6 Å². The lowest BCUT2D eigenvalue weighted by atomic mass is 10.0. The third-order valence-electron chi connectivity index (χ3n) is 12.7. The first kappa shape index (κ1) is 55.5. The van der Waals surface area contributed by atoms with E-state index in [-0.39, 0.29) is 5.97 Å². The molecule has 2 nitrogen and oxygen atoms in total. The first-order chi connectivity index (χ1) is 27.7. The molecular formula is C54H108O2. The van der Waals surface area contributed by atoms with Crippen molar-refractivity contribution in [2.45, 2.75) is 329 Å². The van der Waals surface area contributed by atoms with Crippen LogP contribution in [0, 0.1) is 5.92 Å². The average Bonchev–Trinajstić information content (AvgIpc) is 3.19. The van der Waals surface area contributed by atoms with Gasteiger partial charge in [0.15, 0.2) is 0 Å². The molecule has 0 aromatic carbocycles. The van der Waals surface area contributed by atoms with Crippen LogP contribution in [0.3, 0.4) is 0 Å². The van der Waals surface area contributed by atoms with E-state index in [9.17, 15) is 4.79 Å². The van der Waals surface area contributed by atoms with Crippen LogP contribution in [-0.2, 0) is 9.53 Å². The van der Waals surface area contributed by atoms with Crippen LogP contribution in [0.15, 0.2) is 0 Å². The molecule has 0 amide bonds. The van der Waals surface area contributed by atoms with E-state index in [1.54, 1.807) is 0 Å². The average molecular weight is 789 g/mol. The molecular weight excluding hydrogens is 681 g/mol. The Balaban J connectivity index is 3.13. The van der Waals surface area contributed by atoms with E-state index >= 15 is 0 Å². The Morgan fingerprint density at radius 2 is 0.518 bits per heavy atom. The summed E-state index contributed by atoms with van der Waals surface area (Å²) in [5.74, 6) is 0.905. The highest BCUT2D eigenvalue weighted by Gasteiger charge is 2.03. The number of ether oxygens (including phenoxy) is 1. The molecule has 0 heterocycles. The van der Waals surface area contributed by atoms with E-state index in [1.165, 1.54) is 289 Å². The van der Waals surface area contributed by atoms with E-state index in [1.807, 2.05) is 0 Å². The standard InChI is InChI=1S/C54H108O2/c1-4-5-6-7-8-9-10-11-12-13-14-15-16-17-18-19-20-21-22-23-24-25-26-27-28-29-30-33-36-39-42-45-48-51-54(55)56-52-49-46-43-40-37-34-31-32-35-38-41-44-47-50-53(2)3/h53H,4-52H2,1-3H3. The van der Waals surface area contributed by atoms with Crippen molar-refractivity contribution >= 4 is 5.97 Å². The van der Waals surface area contributed by atoms with Gasteiger partial charge in [-0.2, -0.15) is 0 Å². The molecule has 0 saturated carbocycles. The third kappa shape index (κ3) is 51.5. The lowest BCUT2D eigenvalue weighted by Crippen LogP contribution is -2.05. The summed E-state index contributed by atoms with van der Waals surface area (Å²) in [6.45, 7) is 7.61. The van der Waals surface area contributed by atoms with Gasteiger partial charge >= 0.3 is 5.97 Å². The van der Waals surface area contributed by atoms with Crippen molar-refractivity contribution in [3.63, 3.8) is 0 Å².